The van der Waals surface area contributed by atoms with E-state index in [1.807, 2.05) is 0 Å². The van der Waals surface area contributed by atoms with Gasteiger partial charge in [0.2, 0.25) is 5.91 Å². The summed E-state index contributed by atoms with van der Waals surface area (Å²) in [5, 5.41) is 6.02. The van der Waals surface area contributed by atoms with E-state index in [1.165, 1.54) is 6.07 Å². The average Bonchev–Trinajstić information content (AvgIpc) is 2.71. The largest absolute Gasteiger partial charge is 0.323 e. The molecule has 3 rings (SSSR count). The van der Waals surface area contributed by atoms with Gasteiger partial charge in [-0.3, -0.25) is 4.79 Å². The number of carbonyl (C=O) groups is 1. The zero-order valence-corrected chi connectivity index (χ0v) is 10.5. The van der Waals surface area contributed by atoms with Crippen molar-refractivity contribution in [3.05, 3.63) is 29.8 Å². The third-order valence-corrected chi connectivity index (χ3v) is 4.03. The maximum absolute atomic E-state index is 13.5. The minimum atomic E-state index is -0.731. The van der Waals surface area contributed by atoms with Gasteiger partial charge in [-0.1, -0.05) is 0 Å². The van der Waals surface area contributed by atoms with Crippen molar-refractivity contribution >= 4 is 11.6 Å². The molecule has 2 aliphatic rings. The molecule has 2 bridgehead atoms. The summed E-state index contributed by atoms with van der Waals surface area (Å²) in [6.07, 6.45) is 3.81. The smallest absolute Gasteiger partial charge is 0.227 e. The predicted molar refractivity (Wildman–Crippen MR) is 67.7 cm³/mol. The highest BCUT2D eigenvalue weighted by atomic mass is 19.1. The van der Waals surface area contributed by atoms with Gasteiger partial charge >= 0.3 is 0 Å². The van der Waals surface area contributed by atoms with Crippen LogP contribution in [0, 0.1) is 17.6 Å². The van der Waals surface area contributed by atoms with Gasteiger partial charge in [0.1, 0.15) is 11.6 Å². The first-order chi connectivity index (χ1) is 9.11. The van der Waals surface area contributed by atoms with E-state index < -0.39 is 11.6 Å². The molecule has 0 aliphatic carbocycles. The lowest BCUT2D eigenvalue weighted by atomic mass is 9.91. The average molecular weight is 266 g/mol. The van der Waals surface area contributed by atoms with E-state index >= 15 is 0 Å². The van der Waals surface area contributed by atoms with E-state index in [0.717, 1.165) is 37.8 Å². The van der Waals surface area contributed by atoms with E-state index in [9.17, 15) is 13.6 Å². The molecule has 2 saturated heterocycles. The van der Waals surface area contributed by atoms with Crippen LogP contribution >= 0.6 is 0 Å². The second-order valence-electron chi connectivity index (χ2n) is 5.42. The van der Waals surface area contributed by atoms with Crippen LogP contribution in [-0.2, 0) is 4.79 Å². The molecule has 0 spiro atoms. The highest BCUT2D eigenvalue weighted by molar-refractivity contribution is 5.92. The molecule has 19 heavy (non-hydrogen) atoms. The van der Waals surface area contributed by atoms with Crippen molar-refractivity contribution < 1.29 is 13.6 Å². The van der Waals surface area contributed by atoms with E-state index in [-0.39, 0.29) is 17.5 Å². The predicted octanol–water partition coefficient (Wildman–Crippen LogP) is 2.43. The Bertz CT molecular complexity index is 494. The van der Waals surface area contributed by atoms with E-state index in [0.29, 0.717) is 12.1 Å². The van der Waals surface area contributed by atoms with Crippen LogP contribution in [-0.4, -0.2) is 18.0 Å². The molecular formula is C14H16F2N2O. The van der Waals surface area contributed by atoms with E-state index in [1.54, 1.807) is 0 Å². The Labute approximate surface area is 110 Å². The van der Waals surface area contributed by atoms with Crippen molar-refractivity contribution in [2.24, 2.45) is 5.92 Å². The van der Waals surface area contributed by atoms with Crippen molar-refractivity contribution in [1.29, 1.82) is 0 Å². The molecule has 1 unspecified atom stereocenters. The van der Waals surface area contributed by atoms with Gasteiger partial charge in [-0.2, -0.15) is 0 Å². The van der Waals surface area contributed by atoms with Gasteiger partial charge in [0.05, 0.1) is 5.69 Å². The van der Waals surface area contributed by atoms with Gasteiger partial charge in [-0.15, -0.1) is 0 Å². The molecule has 0 aromatic heterocycles. The van der Waals surface area contributed by atoms with Gasteiger partial charge in [-0.05, 0) is 37.8 Å². The molecular weight excluding hydrogens is 250 g/mol. The Balaban J connectivity index is 1.68. The number of halogens is 2. The molecule has 2 aliphatic heterocycles. The van der Waals surface area contributed by atoms with Crippen molar-refractivity contribution in [2.45, 2.75) is 37.8 Å². The van der Waals surface area contributed by atoms with Crippen molar-refractivity contribution in [1.82, 2.24) is 5.32 Å². The monoisotopic (exact) mass is 266 g/mol. The first-order valence-electron chi connectivity index (χ1n) is 6.64. The number of amides is 1. The molecule has 102 valence electrons. The lowest BCUT2D eigenvalue weighted by Crippen LogP contribution is -2.42. The fourth-order valence-corrected chi connectivity index (χ4v) is 3.10. The summed E-state index contributed by atoms with van der Waals surface area (Å²) >= 11 is 0. The summed E-state index contributed by atoms with van der Waals surface area (Å²) < 4.78 is 26.3. The van der Waals surface area contributed by atoms with Gasteiger partial charge < -0.3 is 10.6 Å². The number of hydrogen-bond donors (Lipinski definition) is 2. The maximum atomic E-state index is 13.5. The fraction of sp³-hybridized carbons (Fsp3) is 0.500. The number of hydrogen-bond acceptors (Lipinski definition) is 2. The number of rotatable bonds is 2. The SMILES string of the molecule is O=C(Nc1ccc(F)cc1F)[C@H]1CC2CC[C@@H](C1)N2. The van der Waals surface area contributed by atoms with Crippen LogP contribution in [0.5, 0.6) is 0 Å². The van der Waals surface area contributed by atoms with Crippen molar-refractivity contribution in [3.8, 4) is 0 Å². The summed E-state index contributed by atoms with van der Waals surface area (Å²) in [5.74, 6) is -1.62. The van der Waals surface area contributed by atoms with E-state index in [4.69, 9.17) is 0 Å². The summed E-state index contributed by atoms with van der Waals surface area (Å²) in [6.45, 7) is 0. The number of benzene rings is 1. The molecule has 3 atom stereocenters. The third kappa shape index (κ3) is 2.61. The number of fused-ring (bicyclic) bond motifs is 2. The standard InChI is InChI=1S/C14H16F2N2O/c15-9-1-4-13(12(16)7-9)18-14(19)8-5-10-2-3-11(6-8)17-10/h1,4,7-8,10-11,17H,2-3,5-6H2,(H,18,19)/t8-,10+,11?/m1/s1. The Morgan fingerprint density at radius 1 is 1.21 bits per heavy atom. The molecule has 2 heterocycles. The maximum Gasteiger partial charge on any atom is 0.227 e. The molecule has 1 aromatic carbocycles. The van der Waals surface area contributed by atoms with Crippen LogP contribution in [0.4, 0.5) is 14.5 Å². The number of piperidine rings is 1. The second kappa shape index (κ2) is 4.89. The number of anilines is 1. The molecule has 0 radical (unpaired) electrons. The molecule has 1 amide bonds. The molecule has 1 aromatic rings. The summed E-state index contributed by atoms with van der Waals surface area (Å²) in [7, 11) is 0. The van der Waals surface area contributed by atoms with Gasteiger partial charge in [-0.25, -0.2) is 8.78 Å². The van der Waals surface area contributed by atoms with Crippen LogP contribution < -0.4 is 10.6 Å². The highest BCUT2D eigenvalue weighted by Gasteiger charge is 2.36. The normalized spacial score (nSPS) is 29.3. The second-order valence-corrected chi connectivity index (χ2v) is 5.42. The summed E-state index contributed by atoms with van der Waals surface area (Å²) in [6, 6.07) is 4.00. The topological polar surface area (TPSA) is 41.1 Å². The molecule has 3 nitrogen and oxygen atoms in total. The van der Waals surface area contributed by atoms with E-state index in [2.05, 4.69) is 10.6 Å². The zero-order chi connectivity index (χ0) is 13.4. The molecule has 0 saturated carbocycles. The minimum absolute atomic E-state index is 0.0530. The molecule has 2 N–H and O–H groups in total. The lowest BCUT2D eigenvalue weighted by molar-refractivity contribution is -0.121. The van der Waals surface area contributed by atoms with Crippen molar-refractivity contribution in [3.63, 3.8) is 0 Å². The van der Waals surface area contributed by atoms with Crippen LogP contribution in [0.15, 0.2) is 18.2 Å². The van der Waals surface area contributed by atoms with Crippen LogP contribution in [0.25, 0.3) is 0 Å². The minimum Gasteiger partial charge on any atom is -0.323 e. The van der Waals surface area contributed by atoms with Gasteiger partial charge in [0, 0.05) is 24.1 Å². The number of nitrogens with one attached hydrogen (secondary N) is 2. The Morgan fingerprint density at radius 2 is 1.89 bits per heavy atom. The quantitative estimate of drug-likeness (QED) is 0.863. The fourth-order valence-electron chi connectivity index (χ4n) is 3.10. The van der Waals surface area contributed by atoms with Crippen molar-refractivity contribution in [2.75, 3.05) is 5.32 Å². The summed E-state index contributed by atoms with van der Waals surface area (Å²) in [5.41, 5.74) is 0.0530. The van der Waals surface area contributed by atoms with Crippen LogP contribution in [0.2, 0.25) is 0 Å². The van der Waals surface area contributed by atoms with Crippen LogP contribution in [0.1, 0.15) is 25.7 Å². The third-order valence-electron chi connectivity index (χ3n) is 4.03. The lowest BCUT2D eigenvalue weighted by Gasteiger charge is -2.28. The molecule has 2 fully saturated rings. The Kier molecular flexibility index (Phi) is 3.22. The van der Waals surface area contributed by atoms with Gasteiger partial charge in [0.25, 0.3) is 0 Å². The Morgan fingerprint density at radius 3 is 2.53 bits per heavy atom. The summed E-state index contributed by atoms with van der Waals surface area (Å²) in [4.78, 5) is 12.1. The Hall–Kier alpha value is -1.49. The van der Waals surface area contributed by atoms with Crippen LogP contribution in [0.3, 0.4) is 0 Å². The zero-order valence-electron chi connectivity index (χ0n) is 10.5. The first-order valence-corrected chi connectivity index (χ1v) is 6.64. The molecule has 5 heteroatoms. The first kappa shape index (κ1) is 12.5. The number of carbonyl (C=O) groups excluding carboxylic acids is 1. The van der Waals surface area contributed by atoms with Gasteiger partial charge in [0.15, 0.2) is 0 Å². The highest BCUT2D eigenvalue weighted by Crippen LogP contribution is 2.31.